The van der Waals surface area contributed by atoms with Gasteiger partial charge in [0.2, 0.25) is 0 Å². The smallest absolute Gasteiger partial charge is 0.0588 e. The average Bonchev–Trinajstić information content (AvgIpc) is 2.59. The third kappa shape index (κ3) is 5.79. The van der Waals surface area contributed by atoms with E-state index >= 15 is 0 Å². The Morgan fingerprint density at radius 3 is 2.47 bits per heavy atom. The first kappa shape index (κ1) is 13.3. The van der Waals surface area contributed by atoms with Crippen LogP contribution in [-0.4, -0.2) is 35.8 Å². The number of rotatable bonds is 6. The summed E-state index contributed by atoms with van der Waals surface area (Å²) in [4.78, 5) is 0. The number of thioether (sulfide) groups is 1. The van der Waals surface area contributed by atoms with Crippen molar-refractivity contribution in [2.45, 2.75) is 63.2 Å². The summed E-state index contributed by atoms with van der Waals surface area (Å²) in [5.41, 5.74) is 0. The summed E-state index contributed by atoms with van der Waals surface area (Å²) in [6, 6.07) is 0.608. The summed E-state index contributed by atoms with van der Waals surface area (Å²) in [6.07, 6.45) is 3.04. The Bertz CT molecular complexity index is 155. The quantitative estimate of drug-likeness (QED) is 0.759. The molecule has 0 aromatic heterocycles. The van der Waals surface area contributed by atoms with Crippen molar-refractivity contribution in [3.8, 4) is 0 Å². The average molecular weight is 231 g/mol. The van der Waals surface area contributed by atoms with Gasteiger partial charge in [-0.3, -0.25) is 0 Å². The Balaban J connectivity index is 2.10. The zero-order valence-electron chi connectivity index (χ0n) is 10.5. The van der Waals surface area contributed by atoms with E-state index in [9.17, 15) is 0 Å². The molecule has 0 radical (unpaired) electrons. The molecule has 15 heavy (non-hydrogen) atoms. The largest absolute Gasteiger partial charge is 0.378 e. The predicted octanol–water partition coefficient (Wildman–Crippen LogP) is 2.67. The maximum atomic E-state index is 5.66. The van der Waals surface area contributed by atoms with Crippen LogP contribution in [0.2, 0.25) is 0 Å². The van der Waals surface area contributed by atoms with Crippen LogP contribution in [0.25, 0.3) is 0 Å². The molecule has 2 nitrogen and oxygen atoms in total. The van der Waals surface area contributed by atoms with Crippen LogP contribution in [-0.2, 0) is 4.74 Å². The standard InChI is InChI=1S/C12H25NOS/c1-9(2)13-7-11-5-6-12(15-11)8-14-10(3)4/h9-13H,5-8H2,1-4H3. The van der Waals surface area contributed by atoms with E-state index in [-0.39, 0.29) is 0 Å². The lowest BCUT2D eigenvalue weighted by atomic mass is 10.2. The molecule has 1 N–H and O–H groups in total. The van der Waals surface area contributed by atoms with Gasteiger partial charge in [0, 0.05) is 23.1 Å². The molecule has 1 aliphatic heterocycles. The Hall–Kier alpha value is 0.270. The van der Waals surface area contributed by atoms with Crippen LogP contribution < -0.4 is 5.32 Å². The second kappa shape index (κ2) is 6.77. The normalized spacial score (nSPS) is 26.8. The van der Waals surface area contributed by atoms with E-state index in [1.165, 1.54) is 12.8 Å². The van der Waals surface area contributed by atoms with Crippen molar-refractivity contribution in [2.75, 3.05) is 13.2 Å². The lowest BCUT2D eigenvalue weighted by molar-refractivity contribution is 0.0796. The topological polar surface area (TPSA) is 21.3 Å². The van der Waals surface area contributed by atoms with Gasteiger partial charge in [-0.05, 0) is 26.7 Å². The van der Waals surface area contributed by atoms with Crippen molar-refractivity contribution >= 4 is 11.8 Å². The van der Waals surface area contributed by atoms with E-state index in [0.717, 1.165) is 23.7 Å². The van der Waals surface area contributed by atoms with Gasteiger partial charge in [0.1, 0.15) is 0 Å². The van der Waals surface area contributed by atoms with Crippen LogP contribution in [0, 0.1) is 0 Å². The first-order chi connectivity index (χ1) is 7.08. The lowest BCUT2D eigenvalue weighted by Gasteiger charge is -2.15. The molecule has 0 spiro atoms. The van der Waals surface area contributed by atoms with Gasteiger partial charge < -0.3 is 10.1 Å². The molecule has 0 aromatic rings. The molecule has 1 fully saturated rings. The van der Waals surface area contributed by atoms with Crippen molar-refractivity contribution in [1.29, 1.82) is 0 Å². The second-order valence-electron chi connectivity index (χ2n) is 4.90. The number of ether oxygens (including phenoxy) is 1. The molecule has 2 atom stereocenters. The van der Waals surface area contributed by atoms with Gasteiger partial charge in [0.15, 0.2) is 0 Å². The molecule has 1 saturated heterocycles. The Labute approximate surface area is 98.5 Å². The summed E-state index contributed by atoms with van der Waals surface area (Å²) < 4.78 is 5.66. The molecule has 3 heteroatoms. The molecule has 1 aliphatic rings. The molecule has 0 aliphatic carbocycles. The number of hydrogen-bond acceptors (Lipinski definition) is 3. The predicted molar refractivity (Wildman–Crippen MR) is 68.6 cm³/mol. The zero-order chi connectivity index (χ0) is 11.3. The van der Waals surface area contributed by atoms with Gasteiger partial charge in [-0.2, -0.15) is 11.8 Å². The zero-order valence-corrected chi connectivity index (χ0v) is 11.3. The lowest BCUT2D eigenvalue weighted by Crippen LogP contribution is -2.29. The third-order valence-corrected chi connectivity index (χ3v) is 4.11. The van der Waals surface area contributed by atoms with Gasteiger partial charge in [-0.25, -0.2) is 0 Å². The van der Waals surface area contributed by atoms with Gasteiger partial charge in [-0.1, -0.05) is 13.8 Å². The maximum absolute atomic E-state index is 5.66. The summed E-state index contributed by atoms with van der Waals surface area (Å²) in [5.74, 6) is 0. The van der Waals surface area contributed by atoms with Crippen molar-refractivity contribution < 1.29 is 4.74 Å². The van der Waals surface area contributed by atoms with Crippen molar-refractivity contribution in [3.63, 3.8) is 0 Å². The molecule has 90 valence electrons. The second-order valence-corrected chi connectivity index (χ2v) is 6.51. The highest BCUT2D eigenvalue weighted by Gasteiger charge is 2.25. The molecule has 1 rings (SSSR count). The monoisotopic (exact) mass is 231 g/mol. The fourth-order valence-electron chi connectivity index (χ4n) is 1.72. The van der Waals surface area contributed by atoms with E-state index in [1.807, 2.05) is 0 Å². The van der Waals surface area contributed by atoms with E-state index < -0.39 is 0 Å². The molecule has 0 amide bonds. The van der Waals surface area contributed by atoms with Crippen LogP contribution >= 0.6 is 11.8 Å². The molecule has 0 saturated carbocycles. The highest BCUT2D eigenvalue weighted by Crippen LogP contribution is 2.33. The maximum Gasteiger partial charge on any atom is 0.0588 e. The molecule has 2 unspecified atom stereocenters. The van der Waals surface area contributed by atoms with Gasteiger partial charge in [0.25, 0.3) is 0 Å². The summed E-state index contributed by atoms with van der Waals surface area (Å²) >= 11 is 2.11. The Morgan fingerprint density at radius 1 is 1.20 bits per heavy atom. The summed E-state index contributed by atoms with van der Waals surface area (Å²) in [7, 11) is 0. The third-order valence-electron chi connectivity index (χ3n) is 2.56. The summed E-state index contributed by atoms with van der Waals surface area (Å²) in [6.45, 7) is 10.7. The highest BCUT2D eigenvalue weighted by atomic mass is 32.2. The molecular formula is C12H25NOS. The highest BCUT2D eigenvalue weighted by molar-refractivity contribution is 8.00. The molecular weight excluding hydrogens is 206 g/mol. The summed E-state index contributed by atoms with van der Waals surface area (Å²) in [5, 5.41) is 5.04. The van der Waals surface area contributed by atoms with Crippen LogP contribution in [0.15, 0.2) is 0 Å². The Morgan fingerprint density at radius 2 is 1.87 bits per heavy atom. The SMILES string of the molecule is CC(C)NCC1CCC(COC(C)C)S1. The Kier molecular flexibility index (Phi) is 6.02. The minimum atomic E-state index is 0.374. The van der Waals surface area contributed by atoms with Gasteiger partial charge in [0.05, 0.1) is 12.7 Å². The minimum absolute atomic E-state index is 0.374. The van der Waals surface area contributed by atoms with E-state index in [4.69, 9.17) is 4.74 Å². The van der Waals surface area contributed by atoms with Gasteiger partial charge in [-0.15, -0.1) is 0 Å². The molecule has 1 heterocycles. The molecule has 0 bridgehead atoms. The van der Waals surface area contributed by atoms with Crippen LogP contribution in [0.3, 0.4) is 0 Å². The fraction of sp³-hybridized carbons (Fsp3) is 1.00. The number of hydrogen-bond donors (Lipinski definition) is 1. The van der Waals surface area contributed by atoms with Gasteiger partial charge >= 0.3 is 0 Å². The van der Waals surface area contributed by atoms with Crippen molar-refractivity contribution in [1.82, 2.24) is 5.32 Å². The fourth-order valence-corrected chi connectivity index (χ4v) is 3.16. The first-order valence-electron chi connectivity index (χ1n) is 6.08. The first-order valence-corrected chi connectivity index (χ1v) is 7.02. The van der Waals surface area contributed by atoms with E-state index in [1.54, 1.807) is 0 Å². The van der Waals surface area contributed by atoms with Crippen molar-refractivity contribution in [2.24, 2.45) is 0 Å². The van der Waals surface area contributed by atoms with Crippen LogP contribution in [0.5, 0.6) is 0 Å². The minimum Gasteiger partial charge on any atom is -0.378 e. The number of nitrogens with one attached hydrogen (secondary N) is 1. The molecule has 0 aromatic carbocycles. The van der Waals surface area contributed by atoms with Crippen LogP contribution in [0.4, 0.5) is 0 Å². The van der Waals surface area contributed by atoms with Crippen LogP contribution in [0.1, 0.15) is 40.5 Å². The van der Waals surface area contributed by atoms with E-state index in [0.29, 0.717) is 12.1 Å². The van der Waals surface area contributed by atoms with Crippen molar-refractivity contribution in [3.05, 3.63) is 0 Å². The van der Waals surface area contributed by atoms with E-state index in [2.05, 4.69) is 44.8 Å².